The zero-order valence-corrected chi connectivity index (χ0v) is 17.0. The number of hydrogen-bond acceptors (Lipinski definition) is 3. The van der Waals surface area contributed by atoms with Gasteiger partial charge in [0.25, 0.3) is 0 Å². The molecule has 1 aromatic heterocycles. The fourth-order valence-electron chi connectivity index (χ4n) is 2.35. The van der Waals surface area contributed by atoms with E-state index in [9.17, 15) is 0 Å². The number of hydrogen-bond donors (Lipinski definition) is 0. The predicted octanol–water partition coefficient (Wildman–Crippen LogP) is 4.53. The molecular weight excluding hydrogens is 391 g/mol. The summed E-state index contributed by atoms with van der Waals surface area (Å²) in [6.07, 6.45) is 5.05. The summed E-state index contributed by atoms with van der Waals surface area (Å²) in [6.45, 7) is 14.7. The monoisotopic (exact) mass is 418 g/mol. The SMILES string of the molecule is CC(C)(C)[Si](C)(C)OC[C@@H]1CCN(c2ccncc2I)C1. The Bertz CT molecular complexity index is 487. The van der Waals surface area contributed by atoms with E-state index in [2.05, 4.69) is 72.4 Å². The number of anilines is 1. The van der Waals surface area contributed by atoms with Crippen LogP contribution in [-0.4, -0.2) is 33.0 Å². The molecule has 0 unspecified atom stereocenters. The molecule has 0 radical (unpaired) electrons. The molecule has 1 aliphatic heterocycles. The Kier molecular flexibility index (Phi) is 5.36. The molecule has 1 fully saturated rings. The maximum absolute atomic E-state index is 6.39. The molecule has 0 aromatic carbocycles. The molecular formula is C16H27IN2OSi. The minimum absolute atomic E-state index is 0.297. The van der Waals surface area contributed by atoms with Crippen LogP contribution in [-0.2, 0) is 4.43 Å². The van der Waals surface area contributed by atoms with Crippen molar-refractivity contribution in [2.75, 3.05) is 24.6 Å². The molecule has 3 nitrogen and oxygen atoms in total. The number of rotatable bonds is 4. The van der Waals surface area contributed by atoms with Gasteiger partial charge in [-0.2, -0.15) is 0 Å². The second kappa shape index (κ2) is 6.54. The summed E-state index contributed by atoms with van der Waals surface area (Å²) in [7, 11) is -1.61. The molecule has 21 heavy (non-hydrogen) atoms. The maximum atomic E-state index is 6.39. The highest BCUT2D eigenvalue weighted by Gasteiger charge is 2.38. The molecule has 0 saturated carbocycles. The van der Waals surface area contributed by atoms with Crippen molar-refractivity contribution in [3.8, 4) is 0 Å². The van der Waals surface area contributed by atoms with Crippen molar-refractivity contribution in [3.05, 3.63) is 22.0 Å². The van der Waals surface area contributed by atoms with E-state index in [1.165, 1.54) is 15.7 Å². The van der Waals surface area contributed by atoms with Crippen LogP contribution in [0.4, 0.5) is 5.69 Å². The maximum Gasteiger partial charge on any atom is 0.191 e. The first-order valence-corrected chi connectivity index (χ1v) is 11.7. The first-order chi connectivity index (χ1) is 9.71. The van der Waals surface area contributed by atoms with Gasteiger partial charge in [0.2, 0.25) is 0 Å². The summed E-state index contributed by atoms with van der Waals surface area (Å²) in [6, 6.07) is 2.12. The third-order valence-electron chi connectivity index (χ3n) is 4.86. The molecule has 1 aromatic rings. The molecule has 0 aliphatic carbocycles. The van der Waals surface area contributed by atoms with E-state index in [1.54, 1.807) is 0 Å². The predicted molar refractivity (Wildman–Crippen MR) is 100 cm³/mol. The van der Waals surface area contributed by atoms with Crippen LogP contribution in [0.1, 0.15) is 27.2 Å². The Balaban J connectivity index is 1.91. The summed E-state index contributed by atoms with van der Waals surface area (Å²) in [5.74, 6) is 0.656. The third-order valence-corrected chi connectivity index (χ3v) is 10.2. The molecule has 0 N–H and O–H groups in total. The quantitative estimate of drug-likeness (QED) is 0.531. The van der Waals surface area contributed by atoms with Crippen molar-refractivity contribution >= 4 is 36.6 Å². The van der Waals surface area contributed by atoms with Gasteiger partial charge < -0.3 is 9.33 Å². The van der Waals surface area contributed by atoms with Gasteiger partial charge in [-0.1, -0.05) is 20.8 Å². The van der Waals surface area contributed by atoms with Crippen LogP contribution in [0.3, 0.4) is 0 Å². The van der Waals surface area contributed by atoms with Crippen LogP contribution >= 0.6 is 22.6 Å². The summed E-state index contributed by atoms with van der Waals surface area (Å²) in [5.41, 5.74) is 1.32. The Morgan fingerprint density at radius 2 is 2.14 bits per heavy atom. The lowest BCUT2D eigenvalue weighted by atomic mass is 10.1. The standard InChI is InChI=1S/C16H27IN2OSi/c1-16(2,3)21(4,5)20-12-13-7-9-19(11-13)15-6-8-18-10-14(15)17/h6,8,10,13H,7,9,11-12H2,1-5H3/t13-/m1/s1. The normalized spacial score (nSPS) is 20.1. The highest BCUT2D eigenvalue weighted by molar-refractivity contribution is 14.1. The van der Waals surface area contributed by atoms with Crippen molar-refractivity contribution in [1.29, 1.82) is 0 Å². The summed E-state index contributed by atoms with van der Waals surface area (Å²) >= 11 is 2.37. The average Bonchev–Trinajstić information content (AvgIpc) is 2.84. The minimum Gasteiger partial charge on any atom is -0.416 e. The molecule has 0 amide bonds. The highest BCUT2D eigenvalue weighted by atomic mass is 127. The number of aromatic nitrogens is 1. The van der Waals surface area contributed by atoms with Crippen molar-refractivity contribution in [3.63, 3.8) is 0 Å². The molecule has 0 bridgehead atoms. The Hall–Kier alpha value is -0.143. The van der Waals surface area contributed by atoms with Crippen molar-refractivity contribution < 1.29 is 4.43 Å². The van der Waals surface area contributed by atoms with E-state index in [0.29, 0.717) is 11.0 Å². The van der Waals surface area contributed by atoms with Crippen LogP contribution in [0.25, 0.3) is 0 Å². The Labute approximate surface area is 143 Å². The van der Waals surface area contributed by atoms with Crippen LogP contribution in [0.15, 0.2) is 18.5 Å². The van der Waals surface area contributed by atoms with Gasteiger partial charge in [-0.25, -0.2) is 0 Å². The Morgan fingerprint density at radius 3 is 2.76 bits per heavy atom. The molecule has 1 saturated heterocycles. The van der Waals surface area contributed by atoms with Gasteiger partial charge in [0.15, 0.2) is 8.32 Å². The van der Waals surface area contributed by atoms with Crippen molar-refractivity contribution in [1.82, 2.24) is 4.98 Å². The fraction of sp³-hybridized carbons (Fsp3) is 0.688. The third kappa shape index (κ3) is 4.19. The molecule has 2 rings (SSSR count). The lowest BCUT2D eigenvalue weighted by Gasteiger charge is -2.37. The summed E-state index contributed by atoms with van der Waals surface area (Å²) < 4.78 is 7.63. The smallest absolute Gasteiger partial charge is 0.191 e. The highest BCUT2D eigenvalue weighted by Crippen LogP contribution is 2.37. The van der Waals surface area contributed by atoms with Gasteiger partial charge in [0.05, 0.1) is 9.26 Å². The van der Waals surface area contributed by atoms with Crippen LogP contribution in [0, 0.1) is 9.49 Å². The van der Waals surface area contributed by atoms with E-state index >= 15 is 0 Å². The van der Waals surface area contributed by atoms with E-state index < -0.39 is 8.32 Å². The molecule has 2 heterocycles. The van der Waals surface area contributed by atoms with E-state index in [0.717, 1.165) is 19.7 Å². The van der Waals surface area contributed by atoms with E-state index in [1.807, 2.05) is 12.4 Å². The number of nitrogens with zero attached hydrogens (tertiary/aromatic N) is 2. The van der Waals surface area contributed by atoms with Gasteiger partial charge in [0, 0.05) is 38.0 Å². The second-order valence-corrected chi connectivity index (χ2v) is 13.5. The van der Waals surface area contributed by atoms with Crippen LogP contribution in [0.2, 0.25) is 18.1 Å². The molecule has 5 heteroatoms. The van der Waals surface area contributed by atoms with Crippen molar-refractivity contribution in [2.45, 2.75) is 45.3 Å². The van der Waals surface area contributed by atoms with Crippen molar-refractivity contribution in [2.24, 2.45) is 5.92 Å². The topological polar surface area (TPSA) is 25.4 Å². The van der Waals surface area contributed by atoms with E-state index in [-0.39, 0.29) is 0 Å². The minimum atomic E-state index is -1.61. The summed E-state index contributed by atoms with van der Waals surface area (Å²) in [5, 5.41) is 0.297. The molecule has 1 atom stereocenters. The first-order valence-electron chi connectivity index (χ1n) is 7.69. The molecule has 0 spiro atoms. The van der Waals surface area contributed by atoms with Gasteiger partial charge in [-0.05, 0) is 53.2 Å². The van der Waals surface area contributed by atoms with E-state index in [4.69, 9.17) is 4.43 Å². The largest absolute Gasteiger partial charge is 0.416 e. The van der Waals surface area contributed by atoms with Crippen LogP contribution < -0.4 is 4.90 Å². The van der Waals surface area contributed by atoms with Gasteiger partial charge in [-0.15, -0.1) is 0 Å². The zero-order valence-electron chi connectivity index (χ0n) is 13.8. The molecule has 1 aliphatic rings. The second-order valence-electron chi connectivity index (χ2n) is 7.50. The average molecular weight is 418 g/mol. The molecule has 118 valence electrons. The zero-order chi connectivity index (χ0) is 15.7. The first kappa shape index (κ1) is 17.2. The summed E-state index contributed by atoms with van der Waals surface area (Å²) in [4.78, 5) is 6.65. The number of pyridine rings is 1. The van der Waals surface area contributed by atoms with Gasteiger partial charge >= 0.3 is 0 Å². The fourth-order valence-corrected chi connectivity index (χ4v) is 4.12. The lowest BCUT2D eigenvalue weighted by Crippen LogP contribution is -2.42. The van der Waals surface area contributed by atoms with Gasteiger partial charge in [0.1, 0.15) is 0 Å². The lowest BCUT2D eigenvalue weighted by molar-refractivity contribution is 0.238. The number of halogens is 1. The Morgan fingerprint density at radius 1 is 1.43 bits per heavy atom. The van der Waals surface area contributed by atoms with Gasteiger partial charge in [-0.3, -0.25) is 4.98 Å². The van der Waals surface area contributed by atoms with Crippen LogP contribution in [0.5, 0.6) is 0 Å².